The van der Waals surface area contributed by atoms with Gasteiger partial charge in [-0.05, 0) is 5.56 Å². The maximum atomic E-state index is 11.8. The number of carbonyl (C=O) groups excluding carboxylic acids is 1. The van der Waals surface area contributed by atoms with Crippen molar-refractivity contribution in [2.45, 2.75) is 12.6 Å². The molecule has 1 aromatic carbocycles. The molecule has 20 heavy (non-hydrogen) atoms. The number of benzene rings is 1. The van der Waals surface area contributed by atoms with E-state index >= 15 is 0 Å². The second kappa shape index (κ2) is 6.78. The van der Waals surface area contributed by atoms with Crippen molar-refractivity contribution in [1.29, 1.82) is 0 Å². The molecule has 108 valence electrons. The zero-order valence-electron chi connectivity index (χ0n) is 11.5. The Morgan fingerprint density at radius 3 is 2.80 bits per heavy atom. The first-order valence-electron chi connectivity index (χ1n) is 6.54. The first-order valence-corrected chi connectivity index (χ1v) is 6.95. The lowest BCUT2D eigenvalue weighted by molar-refractivity contribution is -0.132. The first-order chi connectivity index (χ1) is 9.61. The monoisotopic (exact) mass is 293 g/mol. The lowest BCUT2D eigenvalue weighted by Gasteiger charge is -2.34. The minimum Gasteiger partial charge on any atom is -0.389 e. The van der Waals surface area contributed by atoms with Crippen LogP contribution < -0.4 is 11.1 Å². The Morgan fingerprint density at radius 2 is 2.20 bits per heavy atom. The van der Waals surface area contributed by atoms with Crippen molar-refractivity contribution in [3.63, 3.8) is 0 Å². The van der Waals surface area contributed by atoms with Gasteiger partial charge in [0, 0.05) is 25.7 Å². The Labute approximate surface area is 124 Å². The average molecular weight is 293 g/mol. The fourth-order valence-corrected chi connectivity index (χ4v) is 2.38. The van der Waals surface area contributed by atoms with Gasteiger partial charge in [0.15, 0.2) is 0 Å². The van der Waals surface area contributed by atoms with Crippen LogP contribution in [0.1, 0.15) is 11.1 Å². The van der Waals surface area contributed by atoms with Crippen LogP contribution in [-0.4, -0.2) is 48.6 Å². The van der Waals surface area contributed by atoms with Crippen molar-refractivity contribution in [3.8, 4) is 0 Å². The molecule has 0 aliphatic carbocycles. The molecular weight excluding hydrogens is 274 g/mol. The third-order valence-corrected chi connectivity index (χ3v) is 3.65. The molecule has 1 aliphatic heterocycles. The zero-order chi connectivity index (χ0) is 14.5. The molecular formula is C14H19N3O2S. The molecule has 1 saturated heterocycles. The van der Waals surface area contributed by atoms with Gasteiger partial charge >= 0.3 is 0 Å². The van der Waals surface area contributed by atoms with Crippen LogP contribution in [0.25, 0.3) is 0 Å². The van der Waals surface area contributed by atoms with Gasteiger partial charge in [0.05, 0.1) is 13.2 Å². The Hall–Kier alpha value is -1.50. The van der Waals surface area contributed by atoms with E-state index in [9.17, 15) is 4.79 Å². The highest BCUT2D eigenvalue weighted by Crippen LogP contribution is 2.13. The van der Waals surface area contributed by atoms with Gasteiger partial charge in [-0.1, -0.05) is 36.5 Å². The van der Waals surface area contributed by atoms with E-state index in [0.29, 0.717) is 24.7 Å². The molecule has 1 aromatic rings. The summed E-state index contributed by atoms with van der Waals surface area (Å²) in [6.07, 6.45) is 0. The Bertz CT molecular complexity index is 490. The van der Waals surface area contributed by atoms with Gasteiger partial charge in [0.1, 0.15) is 11.0 Å². The molecule has 5 nitrogen and oxygen atoms in total. The number of hydrogen-bond acceptors (Lipinski definition) is 4. The number of morpholine rings is 1. The summed E-state index contributed by atoms with van der Waals surface area (Å²) >= 11 is 4.93. The van der Waals surface area contributed by atoms with Gasteiger partial charge in [-0.25, -0.2) is 0 Å². The third kappa shape index (κ3) is 3.53. The average Bonchev–Trinajstić information content (AvgIpc) is 2.47. The summed E-state index contributed by atoms with van der Waals surface area (Å²) in [4.78, 5) is 14.4. The number of nitrogens with one attached hydrogen (secondary N) is 1. The largest absolute Gasteiger partial charge is 0.389 e. The van der Waals surface area contributed by atoms with Gasteiger partial charge < -0.3 is 15.8 Å². The number of amides is 1. The lowest BCUT2D eigenvalue weighted by Crippen LogP contribution is -2.52. The molecule has 1 atom stereocenters. The summed E-state index contributed by atoms with van der Waals surface area (Å²) in [6.45, 7) is 2.54. The van der Waals surface area contributed by atoms with Gasteiger partial charge in [0.25, 0.3) is 0 Å². The highest BCUT2D eigenvalue weighted by atomic mass is 32.1. The van der Waals surface area contributed by atoms with E-state index in [2.05, 4.69) is 10.2 Å². The van der Waals surface area contributed by atoms with Crippen LogP contribution in [-0.2, 0) is 16.1 Å². The highest BCUT2D eigenvalue weighted by molar-refractivity contribution is 7.80. The van der Waals surface area contributed by atoms with Crippen molar-refractivity contribution in [2.24, 2.45) is 5.73 Å². The quantitative estimate of drug-likeness (QED) is 0.780. The number of likely N-dealkylation sites (N-methyl/N-ethyl adjacent to an activating group) is 1. The predicted molar refractivity (Wildman–Crippen MR) is 81.4 cm³/mol. The van der Waals surface area contributed by atoms with Gasteiger partial charge in [-0.2, -0.15) is 0 Å². The number of nitrogens with zero attached hydrogens (tertiary/aromatic N) is 1. The van der Waals surface area contributed by atoms with Crippen molar-refractivity contribution >= 4 is 23.1 Å². The Balaban J connectivity index is 2.06. The van der Waals surface area contributed by atoms with E-state index < -0.39 is 0 Å². The summed E-state index contributed by atoms with van der Waals surface area (Å²) < 4.78 is 5.39. The minimum absolute atomic E-state index is 0.00976. The summed E-state index contributed by atoms with van der Waals surface area (Å²) in [6, 6.07) is 7.57. The molecule has 1 heterocycles. The fourth-order valence-electron chi connectivity index (χ4n) is 2.24. The second-order valence-corrected chi connectivity index (χ2v) is 5.18. The van der Waals surface area contributed by atoms with Gasteiger partial charge in [-0.3, -0.25) is 9.69 Å². The Morgan fingerprint density at radius 1 is 1.50 bits per heavy atom. The van der Waals surface area contributed by atoms with E-state index in [4.69, 9.17) is 22.7 Å². The Kier molecular flexibility index (Phi) is 5.05. The maximum Gasteiger partial charge on any atom is 0.239 e. The normalized spacial score (nSPS) is 19.6. The standard InChI is InChI=1S/C14H19N3O2S/c1-16-14(18)12-9-19-7-6-17(12)8-10-2-4-11(5-3-10)13(15)20/h2-5,12H,6-9H2,1H3,(H2,15,20)(H,16,18). The van der Waals surface area contributed by atoms with Crippen molar-refractivity contribution in [1.82, 2.24) is 10.2 Å². The van der Waals surface area contributed by atoms with Crippen LogP contribution in [0, 0.1) is 0 Å². The van der Waals surface area contributed by atoms with Crippen LogP contribution in [0.5, 0.6) is 0 Å². The van der Waals surface area contributed by atoms with Crippen molar-refractivity contribution < 1.29 is 9.53 Å². The van der Waals surface area contributed by atoms with Crippen LogP contribution in [0.3, 0.4) is 0 Å². The number of carbonyl (C=O) groups is 1. The summed E-state index contributed by atoms with van der Waals surface area (Å²) in [5, 5.41) is 2.68. The molecule has 6 heteroatoms. The minimum atomic E-state index is -0.232. The van der Waals surface area contributed by atoms with E-state index in [1.165, 1.54) is 0 Å². The summed E-state index contributed by atoms with van der Waals surface area (Å²) in [5.74, 6) is -0.00976. The lowest BCUT2D eigenvalue weighted by atomic mass is 10.1. The summed E-state index contributed by atoms with van der Waals surface area (Å²) in [7, 11) is 1.64. The number of thiocarbonyl (C=S) groups is 1. The molecule has 2 rings (SSSR count). The molecule has 0 bridgehead atoms. The molecule has 1 fully saturated rings. The molecule has 0 aromatic heterocycles. The fraction of sp³-hybridized carbons (Fsp3) is 0.429. The molecule has 0 radical (unpaired) electrons. The first kappa shape index (κ1) is 14.9. The zero-order valence-corrected chi connectivity index (χ0v) is 12.3. The van der Waals surface area contributed by atoms with Crippen LogP contribution >= 0.6 is 12.2 Å². The van der Waals surface area contributed by atoms with E-state index in [-0.39, 0.29) is 11.9 Å². The molecule has 1 aliphatic rings. The van der Waals surface area contributed by atoms with Crippen molar-refractivity contribution in [2.75, 3.05) is 26.8 Å². The molecule has 1 unspecified atom stereocenters. The SMILES string of the molecule is CNC(=O)C1COCCN1Cc1ccc(C(N)=S)cc1. The van der Waals surface area contributed by atoms with Crippen LogP contribution in [0.2, 0.25) is 0 Å². The number of ether oxygens (including phenoxy) is 1. The molecule has 3 N–H and O–H groups in total. The smallest absolute Gasteiger partial charge is 0.239 e. The van der Waals surface area contributed by atoms with Crippen LogP contribution in [0.4, 0.5) is 0 Å². The van der Waals surface area contributed by atoms with Crippen LogP contribution in [0.15, 0.2) is 24.3 Å². The maximum absolute atomic E-state index is 11.8. The topological polar surface area (TPSA) is 67.6 Å². The third-order valence-electron chi connectivity index (χ3n) is 3.41. The highest BCUT2D eigenvalue weighted by Gasteiger charge is 2.28. The molecule has 1 amide bonds. The van der Waals surface area contributed by atoms with Crippen molar-refractivity contribution in [3.05, 3.63) is 35.4 Å². The molecule has 0 saturated carbocycles. The predicted octanol–water partition coefficient (Wildman–Crippen LogP) is 0.268. The van der Waals surface area contributed by atoms with Gasteiger partial charge in [-0.15, -0.1) is 0 Å². The van der Waals surface area contributed by atoms with E-state index in [1.807, 2.05) is 24.3 Å². The second-order valence-electron chi connectivity index (χ2n) is 4.74. The molecule has 0 spiro atoms. The van der Waals surface area contributed by atoms with E-state index in [1.54, 1.807) is 7.05 Å². The van der Waals surface area contributed by atoms with Gasteiger partial charge in [0.2, 0.25) is 5.91 Å². The number of nitrogens with two attached hydrogens (primary N) is 1. The number of hydrogen-bond donors (Lipinski definition) is 2. The summed E-state index contributed by atoms with van der Waals surface area (Å²) in [5.41, 5.74) is 7.56. The van der Waals surface area contributed by atoms with E-state index in [0.717, 1.165) is 17.7 Å². The number of rotatable bonds is 4.